The molecule has 2 N–H and O–H groups in total. The van der Waals surface area contributed by atoms with Crippen LogP contribution in [0.1, 0.15) is 46.0 Å². The van der Waals surface area contributed by atoms with Crippen LogP contribution < -0.4 is 10.0 Å². The molecular weight excluding hydrogens is 396 g/mol. The van der Waals surface area contributed by atoms with Gasteiger partial charge in [-0.2, -0.15) is 0 Å². The molecule has 2 aliphatic heterocycles. The molecule has 0 amide bonds. The normalized spacial score (nSPS) is 21.8. The third-order valence-corrected chi connectivity index (χ3v) is 6.50. The molecule has 9 nitrogen and oxygen atoms in total. The van der Waals surface area contributed by atoms with Crippen molar-refractivity contribution in [3.05, 3.63) is 0 Å². The van der Waals surface area contributed by atoms with Crippen LogP contribution in [-0.4, -0.2) is 83.0 Å². The number of sulfonamides is 1. The highest BCUT2D eigenvalue weighted by Crippen LogP contribution is 2.18. The molecule has 10 heteroatoms. The largest absolute Gasteiger partial charge is 0.466 e. The molecule has 0 radical (unpaired) electrons. The topological polar surface area (TPSA) is 109 Å². The van der Waals surface area contributed by atoms with Crippen molar-refractivity contribution in [1.82, 2.24) is 14.9 Å². The lowest BCUT2D eigenvalue weighted by Crippen LogP contribution is -2.47. The zero-order chi connectivity index (χ0) is 21.1. The van der Waals surface area contributed by atoms with E-state index in [0.717, 1.165) is 19.3 Å². The molecule has 2 heterocycles. The smallest absolute Gasteiger partial charge is 0.309 e. The number of nitrogens with one attached hydrogen (secondary N) is 2. The molecule has 2 rings (SSSR count). The van der Waals surface area contributed by atoms with E-state index in [1.54, 1.807) is 0 Å². The number of esters is 1. The van der Waals surface area contributed by atoms with Gasteiger partial charge in [0.1, 0.15) is 0 Å². The maximum atomic E-state index is 12.2. The van der Waals surface area contributed by atoms with Gasteiger partial charge in [-0.1, -0.05) is 0 Å². The number of likely N-dealkylation sites (tertiary alicyclic amines) is 1. The Morgan fingerprint density at radius 2 is 1.97 bits per heavy atom. The van der Waals surface area contributed by atoms with Gasteiger partial charge >= 0.3 is 5.97 Å². The number of piperidine rings is 1. The Balaban J connectivity index is 1.80. The van der Waals surface area contributed by atoms with Crippen LogP contribution >= 0.6 is 0 Å². The maximum absolute atomic E-state index is 12.2. The molecule has 29 heavy (non-hydrogen) atoms. The van der Waals surface area contributed by atoms with Crippen LogP contribution in [0.4, 0.5) is 0 Å². The molecule has 1 atom stereocenters. The number of hydrogen-bond acceptors (Lipinski definition) is 6. The van der Waals surface area contributed by atoms with Gasteiger partial charge in [0.05, 0.1) is 30.9 Å². The van der Waals surface area contributed by atoms with Crippen molar-refractivity contribution in [2.24, 2.45) is 10.9 Å². The summed E-state index contributed by atoms with van der Waals surface area (Å²) in [5, 5.41) is 3.22. The summed E-state index contributed by atoms with van der Waals surface area (Å²) in [7, 11) is -3.39. The van der Waals surface area contributed by atoms with Crippen LogP contribution in [0.3, 0.4) is 0 Å². The predicted molar refractivity (Wildman–Crippen MR) is 112 cm³/mol. The fourth-order valence-electron chi connectivity index (χ4n) is 3.55. The zero-order valence-corrected chi connectivity index (χ0v) is 18.5. The highest BCUT2D eigenvalue weighted by Gasteiger charge is 2.27. The van der Waals surface area contributed by atoms with Crippen molar-refractivity contribution < 1.29 is 22.7 Å². The fourth-order valence-corrected chi connectivity index (χ4v) is 4.46. The second kappa shape index (κ2) is 12.3. The van der Waals surface area contributed by atoms with E-state index in [0.29, 0.717) is 58.2 Å². The van der Waals surface area contributed by atoms with Crippen molar-refractivity contribution in [3.63, 3.8) is 0 Å². The predicted octanol–water partition coefficient (Wildman–Crippen LogP) is 0.716. The first kappa shape index (κ1) is 23.9. The van der Waals surface area contributed by atoms with Crippen molar-refractivity contribution in [2.75, 3.05) is 51.7 Å². The van der Waals surface area contributed by atoms with E-state index < -0.39 is 10.0 Å². The summed E-state index contributed by atoms with van der Waals surface area (Å²) in [6.45, 7) is 7.49. The summed E-state index contributed by atoms with van der Waals surface area (Å²) in [6.07, 6.45) is 4.42. The third-order valence-electron chi connectivity index (χ3n) is 5.18. The average molecular weight is 433 g/mol. The van der Waals surface area contributed by atoms with Gasteiger partial charge < -0.3 is 19.7 Å². The summed E-state index contributed by atoms with van der Waals surface area (Å²) >= 11 is 0. The summed E-state index contributed by atoms with van der Waals surface area (Å²) in [6, 6.07) is 0. The third kappa shape index (κ3) is 8.47. The molecule has 0 spiro atoms. The Morgan fingerprint density at radius 1 is 1.21 bits per heavy atom. The Kier molecular flexibility index (Phi) is 10.2. The minimum Gasteiger partial charge on any atom is -0.466 e. The number of ether oxygens (including phenoxy) is 2. The Morgan fingerprint density at radius 3 is 2.59 bits per heavy atom. The first-order valence-electron chi connectivity index (χ1n) is 10.7. The van der Waals surface area contributed by atoms with Crippen LogP contribution in [0.15, 0.2) is 4.99 Å². The Hall–Kier alpha value is -1.39. The summed E-state index contributed by atoms with van der Waals surface area (Å²) in [5.41, 5.74) is 0. The van der Waals surface area contributed by atoms with Crippen LogP contribution in [0, 0.1) is 5.92 Å². The van der Waals surface area contributed by atoms with E-state index in [9.17, 15) is 13.2 Å². The minimum atomic E-state index is -3.39. The Labute approximate surface area is 174 Å². The molecule has 2 fully saturated rings. The molecule has 2 saturated heterocycles. The van der Waals surface area contributed by atoms with Crippen molar-refractivity contribution >= 4 is 22.0 Å². The SMILES string of the molecule is CCNC(=NCCS(=O)(=O)NCC1CCCCO1)N1CCC(C(=O)OCC)CC1. The first-order chi connectivity index (χ1) is 13.9. The van der Waals surface area contributed by atoms with Gasteiger partial charge in [0.25, 0.3) is 0 Å². The van der Waals surface area contributed by atoms with Gasteiger partial charge in [-0.3, -0.25) is 9.79 Å². The lowest BCUT2D eigenvalue weighted by molar-refractivity contribution is -0.149. The number of hydrogen-bond donors (Lipinski definition) is 2. The molecule has 0 aromatic carbocycles. The second-order valence-electron chi connectivity index (χ2n) is 7.40. The van der Waals surface area contributed by atoms with Gasteiger partial charge in [-0.05, 0) is 46.0 Å². The number of carbonyl (C=O) groups excluding carboxylic acids is 1. The number of carbonyl (C=O) groups is 1. The van der Waals surface area contributed by atoms with Crippen LogP contribution in [0.25, 0.3) is 0 Å². The quantitative estimate of drug-likeness (QED) is 0.314. The molecule has 0 aliphatic carbocycles. The molecular formula is C19H36N4O5S. The van der Waals surface area contributed by atoms with E-state index in [1.807, 2.05) is 13.8 Å². The van der Waals surface area contributed by atoms with Gasteiger partial charge in [0.2, 0.25) is 10.0 Å². The maximum Gasteiger partial charge on any atom is 0.309 e. The van der Waals surface area contributed by atoms with E-state index >= 15 is 0 Å². The van der Waals surface area contributed by atoms with Crippen molar-refractivity contribution in [3.8, 4) is 0 Å². The first-order valence-corrected chi connectivity index (χ1v) is 12.4. The highest BCUT2D eigenvalue weighted by molar-refractivity contribution is 7.89. The zero-order valence-electron chi connectivity index (χ0n) is 17.7. The van der Waals surface area contributed by atoms with Gasteiger partial charge in [0, 0.05) is 32.8 Å². The van der Waals surface area contributed by atoms with Gasteiger partial charge in [0.15, 0.2) is 5.96 Å². The molecule has 0 aromatic heterocycles. The second-order valence-corrected chi connectivity index (χ2v) is 9.33. The molecule has 0 saturated carbocycles. The number of aliphatic imine (C=N–C) groups is 1. The molecule has 0 bridgehead atoms. The average Bonchev–Trinajstić information content (AvgIpc) is 2.73. The fraction of sp³-hybridized carbons (Fsp3) is 0.895. The monoisotopic (exact) mass is 432 g/mol. The molecule has 168 valence electrons. The van der Waals surface area contributed by atoms with Crippen molar-refractivity contribution in [1.29, 1.82) is 0 Å². The highest BCUT2D eigenvalue weighted by atomic mass is 32.2. The van der Waals surface area contributed by atoms with Crippen LogP contribution in [-0.2, 0) is 24.3 Å². The lowest BCUT2D eigenvalue weighted by Gasteiger charge is -2.33. The number of rotatable bonds is 9. The van der Waals surface area contributed by atoms with Gasteiger partial charge in [-0.15, -0.1) is 0 Å². The van der Waals surface area contributed by atoms with Crippen LogP contribution in [0.2, 0.25) is 0 Å². The van der Waals surface area contributed by atoms with E-state index in [4.69, 9.17) is 9.47 Å². The summed E-state index contributed by atoms with van der Waals surface area (Å²) in [5.74, 6) is 0.433. The minimum absolute atomic E-state index is 0.0277. The molecule has 0 aromatic rings. The Bertz CT molecular complexity index is 627. The van der Waals surface area contributed by atoms with E-state index in [2.05, 4.69) is 19.9 Å². The van der Waals surface area contributed by atoms with Gasteiger partial charge in [-0.25, -0.2) is 13.1 Å². The standard InChI is InChI=1S/C19H36N4O5S/c1-3-20-19(23-11-8-16(9-12-23)18(24)27-4-2)21-10-14-29(25,26)22-15-17-7-5-6-13-28-17/h16-17,22H,3-15H2,1-2H3,(H,20,21). The molecule has 2 aliphatic rings. The summed E-state index contributed by atoms with van der Waals surface area (Å²) in [4.78, 5) is 18.5. The van der Waals surface area contributed by atoms with E-state index in [1.165, 1.54) is 0 Å². The number of nitrogens with zero attached hydrogens (tertiary/aromatic N) is 2. The number of guanidine groups is 1. The van der Waals surface area contributed by atoms with Crippen molar-refractivity contribution in [2.45, 2.75) is 52.1 Å². The summed E-state index contributed by atoms with van der Waals surface area (Å²) < 4.78 is 37.8. The van der Waals surface area contributed by atoms with E-state index in [-0.39, 0.29) is 30.3 Å². The lowest BCUT2D eigenvalue weighted by atomic mass is 9.97. The van der Waals surface area contributed by atoms with Crippen LogP contribution in [0.5, 0.6) is 0 Å². The molecule has 1 unspecified atom stereocenters.